The maximum absolute atomic E-state index is 12.1. The second-order valence-electron chi connectivity index (χ2n) is 5.07. The van der Waals surface area contributed by atoms with Crippen LogP contribution in [0.2, 0.25) is 0 Å². The lowest BCUT2D eigenvalue weighted by molar-refractivity contribution is 0.220. The Labute approximate surface area is 130 Å². The molecule has 0 heterocycles. The number of benzene rings is 2. The summed E-state index contributed by atoms with van der Waals surface area (Å²) in [7, 11) is -1.53. The van der Waals surface area contributed by atoms with Crippen molar-refractivity contribution in [3.8, 4) is 0 Å². The Morgan fingerprint density at radius 3 is 2.18 bits per heavy atom. The predicted octanol–water partition coefficient (Wildman–Crippen LogP) is 2.75. The van der Waals surface area contributed by atoms with E-state index >= 15 is 0 Å². The van der Waals surface area contributed by atoms with Gasteiger partial charge in [0.05, 0.1) is 4.90 Å². The Morgan fingerprint density at radius 1 is 1.05 bits per heavy atom. The van der Waals surface area contributed by atoms with Gasteiger partial charge >= 0.3 is 6.03 Å². The molecule has 2 aromatic rings. The number of carbonyl (C=O) groups is 1. The lowest BCUT2D eigenvalue weighted by atomic mass is 10.2. The van der Waals surface area contributed by atoms with Crippen molar-refractivity contribution >= 4 is 21.6 Å². The van der Waals surface area contributed by atoms with Gasteiger partial charge in [0.25, 0.3) is 0 Å². The smallest absolute Gasteiger partial charge is 0.321 e. The number of rotatable bonds is 4. The highest BCUT2D eigenvalue weighted by Crippen LogP contribution is 2.14. The van der Waals surface area contributed by atoms with Crippen LogP contribution in [0.3, 0.4) is 0 Å². The zero-order valence-corrected chi connectivity index (χ0v) is 13.3. The third-order valence-electron chi connectivity index (χ3n) is 3.14. The predicted molar refractivity (Wildman–Crippen MR) is 86.5 cm³/mol. The fraction of sp³-hybridized carbons (Fsp3) is 0.188. The van der Waals surface area contributed by atoms with E-state index in [4.69, 9.17) is 0 Å². The molecule has 0 saturated heterocycles. The zero-order valence-electron chi connectivity index (χ0n) is 12.5. The first-order chi connectivity index (χ1) is 10.4. The Morgan fingerprint density at radius 2 is 1.64 bits per heavy atom. The molecule has 0 saturated carbocycles. The molecule has 0 unspecified atom stereocenters. The molecule has 5 nitrogen and oxygen atoms in total. The van der Waals surface area contributed by atoms with Crippen LogP contribution in [-0.4, -0.2) is 32.7 Å². The van der Waals surface area contributed by atoms with Gasteiger partial charge in [0.15, 0.2) is 9.84 Å². The first kappa shape index (κ1) is 16.0. The van der Waals surface area contributed by atoms with Crippen LogP contribution in [0, 0.1) is 0 Å². The number of urea groups is 1. The fourth-order valence-corrected chi connectivity index (χ4v) is 2.56. The topological polar surface area (TPSA) is 66.5 Å². The number of hydrogen-bond donors (Lipinski definition) is 1. The number of sulfone groups is 1. The molecule has 0 bridgehead atoms. The van der Waals surface area contributed by atoms with E-state index in [2.05, 4.69) is 5.32 Å². The minimum Gasteiger partial charge on any atom is -0.323 e. The first-order valence-corrected chi connectivity index (χ1v) is 8.61. The van der Waals surface area contributed by atoms with E-state index in [1.165, 1.54) is 12.1 Å². The molecule has 2 rings (SSSR count). The Hall–Kier alpha value is -2.34. The van der Waals surface area contributed by atoms with Crippen LogP contribution >= 0.6 is 0 Å². The highest BCUT2D eigenvalue weighted by molar-refractivity contribution is 7.90. The molecule has 0 aromatic heterocycles. The maximum Gasteiger partial charge on any atom is 0.321 e. The number of amides is 2. The van der Waals surface area contributed by atoms with Gasteiger partial charge in [0.1, 0.15) is 0 Å². The number of nitrogens with zero attached hydrogens (tertiary/aromatic N) is 1. The molecule has 2 aromatic carbocycles. The summed E-state index contributed by atoms with van der Waals surface area (Å²) in [5.74, 6) is 0. The molecule has 22 heavy (non-hydrogen) atoms. The standard InChI is InChI=1S/C16H18N2O3S/c1-18(12-13-6-4-3-5-7-13)16(19)17-14-8-10-15(11-9-14)22(2,20)21/h3-11H,12H2,1-2H3,(H,17,19). The molecule has 1 N–H and O–H groups in total. The summed E-state index contributed by atoms with van der Waals surface area (Å²) in [5, 5.41) is 2.73. The largest absolute Gasteiger partial charge is 0.323 e. The van der Waals surface area contributed by atoms with Crippen molar-refractivity contribution in [2.75, 3.05) is 18.6 Å². The average Bonchev–Trinajstić information content (AvgIpc) is 2.48. The van der Waals surface area contributed by atoms with Crippen molar-refractivity contribution in [2.24, 2.45) is 0 Å². The number of carbonyl (C=O) groups excluding carboxylic acids is 1. The summed E-state index contributed by atoms with van der Waals surface area (Å²) in [5.41, 5.74) is 1.59. The van der Waals surface area contributed by atoms with Gasteiger partial charge in [-0.2, -0.15) is 0 Å². The molecule has 0 fully saturated rings. The quantitative estimate of drug-likeness (QED) is 0.942. The lowest BCUT2D eigenvalue weighted by Gasteiger charge is -2.18. The van der Waals surface area contributed by atoms with Gasteiger partial charge in [-0.15, -0.1) is 0 Å². The second-order valence-corrected chi connectivity index (χ2v) is 7.08. The van der Waals surface area contributed by atoms with E-state index in [9.17, 15) is 13.2 Å². The second kappa shape index (κ2) is 6.62. The van der Waals surface area contributed by atoms with E-state index in [0.29, 0.717) is 12.2 Å². The molecule has 6 heteroatoms. The van der Waals surface area contributed by atoms with Crippen LogP contribution in [0.4, 0.5) is 10.5 Å². The zero-order chi connectivity index (χ0) is 16.2. The summed E-state index contributed by atoms with van der Waals surface area (Å²) in [6, 6.07) is 15.5. The van der Waals surface area contributed by atoms with Gasteiger partial charge in [-0.3, -0.25) is 0 Å². The van der Waals surface area contributed by atoms with Crippen LogP contribution in [-0.2, 0) is 16.4 Å². The molecule has 0 aliphatic rings. The van der Waals surface area contributed by atoms with Crippen molar-refractivity contribution in [2.45, 2.75) is 11.4 Å². The minimum atomic E-state index is -3.23. The molecule has 0 atom stereocenters. The lowest BCUT2D eigenvalue weighted by Crippen LogP contribution is -2.30. The molecule has 0 radical (unpaired) electrons. The van der Waals surface area contributed by atoms with E-state index < -0.39 is 9.84 Å². The van der Waals surface area contributed by atoms with Crippen molar-refractivity contribution in [1.29, 1.82) is 0 Å². The van der Waals surface area contributed by atoms with Gasteiger partial charge in [-0.05, 0) is 29.8 Å². The Balaban J connectivity index is 1.99. The highest BCUT2D eigenvalue weighted by Gasteiger charge is 2.10. The van der Waals surface area contributed by atoms with Crippen LogP contribution in [0.25, 0.3) is 0 Å². The summed E-state index contributed by atoms with van der Waals surface area (Å²) < 4.78 is 22.8. The van der Waals surface area contributed by atoms with Crippen LogP contribution in [0.5, 0.6) is 0 Å². The Bertz CT molecular complexity index is 741. The van der Waals surface area contributed by atoms with Gasteiger partial charge in [0.2, 0.25) is 0 Å². The van der Waals surface area contributed by atoms with Gasteiger partial charge in [0, 0.05) is 25.5 Å². The number of nitrogens with one attached hydrogen (secondary N) is 1. The number of hydrogen-bond acceptors (Lipinski definition) is 3. The molecular formula is C16H18N2O3S. The third-order valence-corrected chi connectivity index (χ3v) is 4.27. The van der Waals surface area contributed by atoms with Gasteiger partial charge in [-0.1, -0.05) is 30.3 Å². The van der Waals surface area contributed by atoms with E-state index in [0.717, 1.165) is 11.8 Å². The third kappa shape index (κ3) is 4.33. The van der Waals surface area contributed by atoms with Crippen molar-refractivity contribution in [1.82, 2.24) is 4.90 Å². The minimum absolute atomic E-state index is 0.225. The van der Waals surface area contributed by atoms with E-state index in [1.54, 1.807) is 24.1 Å². The van der Waals surface area contributed by atoms with Crippen LogP contribution < -0.4 is 5.32 Å². The highest BCUT2D eigenvalue weighted by atomic mass is 32.2. The van der Waals surface area contributed by atoms with Crippen LogP contribution in [0.15, 0.2) is 59.5 Å². The molecule has 2 amide bonds. The van der Waals surface area contributed by atoms with Crippen molar-refractivity contribution in [3.05, 3.63) is 60.2 Å². The summed E-state index contributed by atoms with van der Waals surface area (Å²) in [6.45, 7) is 0.494. The van der Waals surface area contributed by atoms with Crippen molar-refractivity contribution < 1.29 is 13.2 Å². The first-order valence-electron chi connectivity index (χ1n) is 6.72. The van der Waals surface area contributed by atoms with E-state index in [-0.39, 0.29) is 10.9 Å². The van der Waals surface area contributed by atoms with Crippen LogP contribution in [0.1, 0.15) is 5.56 Å². The summed E-state index contributed by atoms with van der Waals surface area (Å²) in [4.78, 5) is 13.9. The molecule has 0 aliphatic carbocycles. The molecule has 116 valence electrons. The monoisotopic (exact) mass is 318 g/mol. The average molecular weight is 318 g/mol. The van der Waals surface area contributed by atoms with Crippen molar-refractivity contribution in [3.63, 3.8) is 0 Å². The van der Waals surface area contributed by atoms with Gasteiger partial charge < -0.3 is 10.2 Å². The maximum atomic E-state index is 12.1. The Kier molecular flexibility index (Phi) is 4.82. The fourth-order valence-electron chi connectivity index (χ4n) is 1.93. The van der Waals surface area contributed by atoms with Gasteiger partial charge in [-0.25, -0.2) is 13.2 Å². The summed E-state index contributed by atoms with van der Waals surface area (Å²) in [6.07, 6.45) is 1.15. The van der Waals surface area contributed by atoms with E-state index in [1.807, 2.05) is 30.3 Å². The molecule has 0 aliphatic heterocycles. The summed E-state index contributed by atoms with van der Waals surface area (Å²) >= 11 is 0. The number of anilines is 1. The molecule has 0 spiro atoms. The normalized spacial score (nSPS) is 11.0. The molecular weight excluding hydrogens is 300 g/mol. The SMILES string of the molecule is CN(Cc1ccccc1)C(=O)Nc1ccc(S(C)(=O)=O)cc1.